The Bertz CT molecular complexity index is 1010. The van der Waals surface area contributed by atoms with Gasteiger partial charge in [0.15, 0.2) is 11.5 Å². The second-order valence-electron chi connectivity index (χ2n) is 6.56. The number of rotatable bonds is 8. The monoisotopic (exact) mass is 507 g/mol. The van der Waals surface area contributed by atoms with E-state index in [2.05, 4.69) is 35.1 Å². The van der Waals surface area contributed by atoms with Crippen molar-refractivity contribution in [3.63, 3.8) is 0 Å². The highest BCUT2D eigenvalue weighted by Gasteiger charge is 2.22. The first kappa shape index (κ1) is 22.7. The summed E-state index contributed by atoms with van der Waals surface area (Å²) in [4.78, 5) is 12.5. The number of halogens is 1. The van der Waals surface area contributed by atoms with Gasteiger partial charge in [0.05, 0.1) is 16.0 Å². The van der Waals surface area contributed by atoms with Gasteiger partial charge in [-0.3, -0.25) is 4.79 Å². The minimum absolute atomic E-state index is 0.192. The summed E-state index contributed by atoms with van der Waals surface area (Å²) in [5, 5.41) is 2.61. The number of aryl methyl sites for hydroxylation is 2. The van der Waals surface area contributed by atoms with Gasteiger partial charge in [0.2, 0.25) is 0 Å². The molecule has 0 atom stereocenters. The van der Waals surface area contributed by atoms with Crippen LogP contribution in [0.15, 0.2) is 39.7 Å². The van der Waals surface area contributed by atoms with Crippen LogP contribution in [0.3, 0.4) is 0 Å². The molecule has 1 aliphatic heterocycles. The number of thiocarbonyl (C=S) groups is 1. The molecule has 1 aliphatic rings. The van der Waals surface area contributed by atoms with Gasteiger partial charge in [0.25, 0.3) is 5.91 Å². The Labute approximate surface area is 194 Å². The highest BCUT2D eigenvalue weighted by Crippen LogP contribution is 2.38. The van der Waals surface area contributed by atoms with E-state index < -0.39 is 0 Å². The maximum Gasteiger partial charge on any atom is 0.263 e. The third-order valence-corrected chi connectivity index (χ3v) is 6.10. The Balaban J connectivity index is 1.69. The molecule has 0 spiro atoms. The molecule has 158 valence electrons. The van der Waals surface area contributed by atoms with Crippen LogP contribution in [0.25, 0.3) is 6.08 Å². The highest BCUT2D eigenvalue weighted by molar-refractivity contribution is 9.10. The summed E-state index contributed by atoms with van der Waals surface area (Å²) in [6.07, 6.45) is 1.78. The minimum atomic E-state index is -0.192. The number of nitrogens with one attached hydrogen (secondary N) is 1. The maximum absolute atomic E-state index is 11.9. The standard InChI is InChI=1S/C22H22BrNO4S2/c1-4-26-18-11-15(12-19-21(25)24-22(29)30-19)10-17(23)20(18)28-8-7-27-16-6-5-13(2)14(3)9-16/h5-6,9-12H,4,7-8H2,1-3H3,(H,24,25,29)/b19-12-. The number of hydrogen-bond donors (Lipinski definition) is 1. The zero-order chi connectivity index (χ0) is 21.7. The predicted octanol–water partition coefficient (Wildman–Crippen LogP) is 5.41. The number of carbonyl (C=O) groups excluding carboxylic acids is 1. The molecule has 0 aromatic heterocycles. The van der Waals surface area contributed by atoms with Crippen LogP contribution in [-0.2, 0) is 4.79 Å². The second kappa shape index (κ2) is 10.3. The molecule has 0 aliphatic carbocycles. The van der Waals surface area contributed by atoms with Gasteiger partial charge in [-0.2, -0.15) is 0 Å². The van der Waals surface area contributed by atoms with Gasteiger partial charge >= 0.3 is 0 Å². The largest absolute Gasteiger partial charge is 0.490 e. The molecule has 30 heavy (non-hydrogen) atoms. The highest BCUT2D eigenvalue weighted by atomic mass is 79.9. The van der Waals surface area contributed by atoms with E-state index >= 15 is 0 Å². The zero-order valence-electron chi connectivity index (χ0n) is 16.9. The fraction of sp³-hybridized carbons (Fsp3) is 0.273. The Kier molecular flexibility index (Phi) is 7.80. The summed E-state index contributed by atoms with van der Waals surface area (Å²) in [5.41, 5.74) is 3.23. The Morgan fingerprint density at radius 3 is 2.53 bits per heavy atom. The number of carbonyl (C=O) groups is 1. The molecule has 0 unspecified atom stereocenters. The Hall–Kier alpha value is -2.03. The van der Waals surface area contributed by atoms with E-state index in [1.54, 1.807) is 6.08 Å². The molecule has 1 heterocycles. The van der Waals surface area contributed by atoms with Crippen LogP contribution < -0.4 is 19.5 Å². The van der Waals surface area contributed by atoms with Gasteiger partial charge in [0.1, 0.15) is 23.3 Å². The topological polar surface area (TPSA) is 56.8 Å². The minimum Gasteiger partial charge on any atom is -0.490 e. The van der Waals surface area contributed by atoms with Gasteiger partial charge in [-0.05, 0) is 83.7 Å². The molecule has 0 bridgehead atoms. The van der Waals surface area contributed by atoms with E-state index in [9.17, 15) is 4.79 Å². The summed E-state index contributed by atoms with van der Waals surface area (Å²) >= 11 is 9.83. The SMILES string of the molecule is CCOc1cc(/C=C2\SC(=S)NC2=O)cc(Br)c1OCCOc1ccc(C)c(C)c1. The number of hydrogen-bond acceptors (Lipinski definition) is 6. The maximum atomic E-state index is 11.9. The third-order valence-electron chi connectivity index (χ3n) is 4.35. The average Bonchev–Trinajstić information content (AvgIpc) is 3.00. The predicted molar refractivity (Wildman–Crippen MR) is 129 cm³/mol. The molecule has 1 fully saturated rings. The third kappa shape index (κ3) is 5.77. The number of thioether (sulfide) groups is 1. The quantitative estimate of drug-likeness (QED) is 0.292. The van der Waals surface area contributed by atoms with Crippen molar-refractivity contribution in [3.05, 3.63) is 56.4 Å². The average molecular weight is 508 g/mol. The van der Waals surface area contributed by atoms with Crippen molar-refractivity contribution in [1.29, 1.82) is 0 Å². The molecule has 8 heteroatoms. The van der Waals surface area contributed by atoms with Crippen LogP contribution in [0.4, 0.5) is 0 Å². The molecule has 1 amide bonds. The fourth-order valence-corrected chi connectivity index (χ4v) is 4.37. The molecule has 0 radical (unpaired) electrons. The van der Waals surface area contributed by atoms with E-state index in [-0.39, 0.29) is 5.91 Å². The molecule has 1 N–H and O–H groups in total. The first-order chi connectivity index (χ1) is 14.4. The lowest BCUT2D eigenvalue weighted by Gasteiger charge is -2.15. The van der Waals surface area contributed by atoms with E-state index in [1.807, 2.05) is 37.3 Å². The fourth-order valence-electron chi connectivity index (χ4n) is 2.75. The lowest BCUT2D eigenvalue weighted by atomic mass is 10.1. The molecular formula is C22H22BrNO4S2. The lowest BCUT2D eigenvalue weighted by molar-refractivity contribution is -0.115. The van der Waals surface area contributed by atoms with Crippen molar-refractivity contribution >= 4 is 56.2 Å². The van der Waals surface area contributed by atoms with Crippen LogP contribution in [0.2, 0.25) is 0 Å². The molecule has 5 nitrogen and oxygen atoms in total. The van der Waals surface area contributed by atoms with Crippen LogP contribution >= 0.6 is 39.9 Å². The van der Waals surface area contributed by atoms with Gasteiger partial charge in [-0.15, -0.1) is 0 Å². The van der Waals surface area contributed by atoms with E-state index in [1.165, 1.54) is 22.9 Å². The van der Waals surface area contributed by atoms with Crippen molar-refractivity contribution in [2.24, 2.45) is 0 Å². The van der Waals surface area contributed by atoms with Crippen LogP contribution in [0, 0.1) is 13.8 Å². The van der Waals surface area contributed by atoms with Gasteiger partial charge in [-0.1, -0.05) is 30.0 Å². The number of benzene rings is 2. The van der Waals surface area contributed by atoms with Crippen molar-refractivity contribution in [3.8, 4) is 17.2 Å². The van der Waals surface area contributed by atoms with E-state index in [4.69, 9.17) is 26.4 Å². The first-order valence-electron chi connectivity index (χ1n) is 9.41. The van der Waals surface area contributed by atoms with Crippen LogP contribution in [-0.4, -0.2) is 30.0 Å². The molecule has 0 saturated carbocycles. The molecule has 2 aromatic rings. The summed E-state index contributed by atoms with van der Waals surface area (Å²) in [7, 11) is 0. The Morgan fingerprint density at radius 1 is 1.10 bits per heavy atom. The second-order valence-corrected chi connectivity index (χ2v) is 9.13. The molecular weight excluding hydrogens is 486 g/mol. The smallest absolute Gasteiger partial charge is 0.263 e. The van der Waals surface area contributed by atoms with Crippen LogP contribution in [0.5, 0.6) is 17.2 Å². The zero-order valence-corrected chi connectivity index (χ0v) is 20.1. The van der Waals surface area contributed by atoms with Crippen molar-refractivity contribution in [2.75, 3.05) is 19.8 Å². The van der Waals surface area contributed by atoms with E-state index in [0.29, 0.717) is 40.5 Å². The van der Waals surface area contributed by atoms with E-state index in [0.717, 1.165) is 15.8 Å². The lowest BCUT2D eigenvalue weighted by Crippen LogP contribution is -2.17. The van der Waals surface area contributed by atoms with Crippen molar-refractivity contribution < 1.29 is 19.0 Å². The summed E-state index contributed by atoms with van der Waals surface area (Å²) in [6, 6.07) is 9.73. The van der Waals surface area contributed by atoms with Crippen LogP contribution in [0.1, 0.15) is 23.6 Å². The summed E-state index contributed by atoms with van der Waals surface area (Å²) in [5.74, 6) is 1.82. The van der Waals surface area contributed by atoms with Crippen molar-refractivity contribution in [1.82, 2.24) is 5.32 Å². The molecule has 2 aromatic carbocycles. The number of amides is 1. The molecule has 1 saturated heterocycles. The normalized spacial score (nSPS) is 14.7. The summed E-state index contributed by atoms with van der Waals surface area (Å²) < 4.78 is 18.7. The number of ether oxygens (including phenoxy) is 3. The van der Waals surface area contributed by atoms with Gasteiger partial charge in [0, 0.05) is 0 Å². The molecule has 3 rings (SSSR count). The Morgan fingerprint density at radius 2 is 1.87 bits per heavy atom. The van der Waals surface area contributed by atoms with Gasteiger partial charge in [-0.25, -0.2) is 0 Å². The van der Waals surface area contributed by atoms with Gasteiger partial charge < -0.3 is 19.5 Å². The summed E-state index contributed by atoms with van der Waals surface area (Å²) in [6.45, 7) is 7.29. The first-order valence-corrected chi connectivity index (χ1v) is 11.4. The van der Waals surface area contributed by atoms with Crippen molar-refractivity contribution in [2.45, 2.75) is 20.8 Å².